The minimum Gasteiger partial charge on any atom is -0.497 e. The lowest BCUT2D eigenvalue weighted by Gasteiger charge is -2.09. The maximum absolute atomic E-state index is 8.92. The van der Waals surface area contributed by atoms with Crippen LogP contribution in [0.2, 0.25) is 0 Å². The van der Waals surface area contributed by atoms with E-state index < -0.39 is 0 Å². The minimum absolute atomic E-state index is 0.718. The number of hydrogen-bond donors (Lipinski definition) is 1. The zero-order valence-corrected chi connectivity index (χ0v) is 9.59. The maximum Gasteiger partial charge on any atom is 0.330 e. The first kappa shape index (κ1) is 13.0. The Hall–Kier alpha value is -0.955. The number of methoxy groups -OCH3 is 1. The van der Waals surface area contributed by atoms with Gasteiger partial charge < -0.3 is 9.76 Å². The van der Waals surface area contributed by atoms with E-state index in [-0.39, 0.29) is 0 Å². The summed E-state index contributed by atoms with van der Waals surface area (Å²) in [5, 5.41) is 8.92. The van der Waals surface area contributed by atoms with Crippen molar-refractivity contribution in [2.45, 2.75) is 27.7 Å². The zero-order chi connectivity index (χ0) is 11.1. The average molecular weight is 193 g/mol. The summed E-state index contributed by atoms with van der Waals surface area (Å²) < 4.78 is 5.11. The van der Waals surface area contributed by atoms with Gasteiger partial charge in [0.25, 0.3) is 0 Å². The second-order valence-corrected chi connectivity index (χ2v) is 2.83. The van der Waals surface area contributed by atoms with Gasteiger partial charge in [0, 0.05) is 0 Å². The Balaban J connectivity index is 0.000000791. The Labute approximate surface area is 87.2 Å². The standard InChI is InChI=1S/C9H12BO2.C2H6/c1-6-4-7(2)9(10-11)8(5-6)12-3;1-2/h4-5,11H,1-3H3;1-2H3. The molecule has 77 valence electrons. The third-order valence-corrected chi connectivity index (χ3v) is 1.84. The molecule has 0 saturated carbocycles. The van der Waals surface area contributed by atoms with Crippen molar-refractivity contribution in [2.75, 3.05) is 7.11 Å². The Bertz CT molecular complexity index is 285. The predicted molar refractivity (Wildman–Crippen MR) is 61.4 cm³/mol. The topological polar surface area (TPSA) is 29.5 Å². The van der Waals surface area contributed by atoms with Crippen molar-refractivity contribution in [1.82, 2.24) is 0 Å². The average Bonchev–Trinajstić information content (AvgIpc) is 2.19. The summed E-state index contributed by atoms with van der Waals surface area (Å²) in [6.07, 6.45) is 0. The molecule has 0 unspecified atom stereocenters. The Kier molecular flexibility index (Phi) is 6.05. The van der Waals surface area contributed by atoms with Gasteiger partial charge in [-0.05, 0) is 30.9 Å². The van der Waals surface area contributed by atoms with Crippen LogP contribution in [0.5, 0.6) is 5.75 Å². The summed E-state index contributed by atoms with van der Waals surface area (Å²) >= 11 is 0. The molecule has 1 rings (SSSR count). The summed E-state index contributed by atoms with van der Waals surface area (Å²) in [6.45, 7) is 7.94. The third-order valence-electron chi connectivity index (χ3n) is 1.84. The lowest BCUT2D eigenvalue weighted by Crippen LogP contribution is -2.19. The summed E-state index contributed by atoms with van der Waals surface area (Å²) in [7, 11) is 2.68. The van der Waals surface area contributed by atoms with Gasteiger partial charge in [0.1, 0.15) is 5.75 Å². The molecule has 1 radical (unpaired) electrons. The Morgan fingerprint density at radius 1 is 1.21 bits per heavy atom. The van der Waals surface area contributed by atoms with E-state index in [1.807, 2.05) is 39.8 Å². The predicted octanol–water partition coefficient (Wildman–Crippen LogP) is 1.58. The molecule has 0 heterocycles. The highest BCUT2D eigenvalue weighted by Gasteiger charge is 2.06. The molecule has 0 fully saturated rings. The SMILES string of the molecule is CC.COc1cc(C)cc(C)c1[B]O. The van der Waals surface area contributed by atoms with E-state index >= 15 is 0 Å². The van der Waals surface area contributed by atoms with Crippen LogP contribution in [0.25, 0.3) is 0 Å². The first-order valence-corrected chi connectivity index (χ1v) is 4.81. The van der Waals surface area contributed by atoms with Crippen LogP contribution in [0.3, 0.4) is 0 Å². The van der Waals surface area contributed by atoms with Crippen LogP contribution in [-0.2, 0) is 0 Å². The van der Waals surface area contributed by atoms with E-state index in [9.17, 15) is 0 Å². The van der Waals surface area contributed by atoms with Crippen LogP contribution in [0.1, 0.15) is 25.0 Å². The molecule has 0 atom stereocenters. The van der Waals surface area contributed by atoms with Gasteiger partial charge in [-0.15, -0.1) is 0 Å². The summed E-state index contributed by atoms with van der Waals surface area (Å²) in [5.74, 6) is 0.718. The van der Waals surface area contributed by atoms with E-state index in [4.69, 9.17) is 9.76 Å². The molecule has 1 aromatic carbocycles. The molecular weight excluding hydrogens is 175 g/mol. The number of aryl methyl sites for hydroxylation is 2. The molecule has 0 aliphatic rings. The molecule has 0 aromatic heterocycles. The van der Waals surface area contributed by atoms with E-state index in [0.29, 0.717) is 0 Å². The minimum atomic E-state index is 0.718. The smallest absolute Gasteiger partial charge is 0.330 e. The van der Waals surface area contributed by atoms with Crippen LogP contribution in [0.4, 0.5) is 0 Å². The van der Waals surface area contributed by atoms with E-state index in [2.05, 4.69) is 0 Å². The van der Waals surface area contributed by atoms with Crippen molar-refractivity contribution in [1.29, 1.82) is 0 Å². The van der Waals surface area contributed by atoms with Crippen LogP contribution in [-0.4, -0.2) is 19.6 Å². The number of ether oxygens (including phenoxy) is 1. The molecule has 1 aromatic rings. The van der Waals surface area contributed by atoms with Crippen LogP contribution < -0.4 is 10.2 Å². The summed E-state index contributed by atoms with van der Waals surface area (Å²) in [4.78, 5) is 0. The van der Waals surface area contributed by atoms with Gasteiger partial charge in [0.2, 0.25) is 0 Å². The van der Waals surface area contributed by atoms with E-state index in [1.54, 1.807) is 7.11 Å². The second-order valence-electron chi connectivity index (χ2n) is 2.83. The van der Waals surface area contributed by atoms with Crippen LogP contribution >= 0.6 is 0 Å². The number of benzene rings is 1. The molecule has 2 nitrogen and oxygen atoms in total. The normalized spacial score (nSPS) is 8.71. The molecule has 0 amide bonds. The quantitative estimate of drug-likeness (QED) is 0.722. The fraction of sp³-hybridized carbons (Fsp3) is 0.455. The Morgan fingerprint density at radius 3 is 2.21 bits per heavy atom. The van der Waals surface area contributed by atoms with Crippen molar-refractivity contribution >= 4 is 12.9 Å². The lowest BCUT2D eigenvalue weighted by atomic mass is 9.83. The second kappa shape index (κ2) is 6.49. The van der Waals surface area contributed by atoms with Crippen molar-refractivity contribution in [2.24, 2.45) is 0 Å². The van der Waals surface area contributed by atoms with Gasteiger partial charge in [0.15, 0.2) is 0 Å². The highest BCUT2D eigenvalue weighted by Crippen LogP contribution is 2.12. The van der Waals surface area contributed by atoms with Gasteiger partial charge in [-0.1, -0.05) is 25.5 Å². The molecule has 0 bridgehead atoms. The number of hydrogen-bond acceptors (Lipinski definition) is 2. The molecule has 0 aliphatic carbocycles. The third kappa shape index (κ3) is 3.07. The number of rotatable bonds is 2. The molecule has 1 N–H and O–H groups in total. The summed E-state index contributed by atoms with van der Waals surface area (Å²) in [6, 6.07) is 3.90. The molecule has 14 heavy (non-hydrogen) atoms. The highest BCUT2D eigenvalue weighted by molar-refractivity contribution is 6.47. The molecule has 0 aliphatic heterocycles. The summed E-state index contributed by atoms with van der Waals surface area (Å²) in [5.41, 5.74) is 2.91. The first-order chi connectivity index (χ1) is 6.69. The van der Waals surface area contributed by atoms with Crippen molar-refractivity contribution in [3.8, 4) is 5.75 Å². The molecule has 3 heteroatoms. The van der Waals surface area contributed by atoms with Crippen LogP contribution in [0, 0.1) is 13.8 Å². The fourth-order valence-corrected chi connectivity index (χ4v) is 1.27. The molecular formula is C11H18BO2. The zero-order valence-electron chi connectivity index (χ0n) is 9.59. The Morgan fingerprint density at radius 2 is 1.79 bits per heavy atom. The fourth-order valence-electron chi connectivity index (χ4n) is 1.27. The molecule has 0 spiro atoms. The van der Waals surface area contributed by atoms with Crippen molar-refractivity contribution < 1.29 is 9.76 Å². The maximum atomic E-state index is 8.92. The largest absolute Gasteiger partial charge is 0.497 e. The van der Waals surface area contributed by atoms with E-state index in [0.717, 1.165) is 29.8 Å². The van der Waals surface area contributed by atoms with Gasteiger partial charge in [-0.3, -0.25) is 0 Å². The highest BCUT2D eigenvalue weighted by atomic mass is 16.5. The molecule has 0 saturated heterocycles. The van der Waals surface area contributed by atoms with Gasteiger partial charge >= 0.3 is 7.48 Å². The van der Waals surface area contributed by atoms with E-state index in [1.165, 1.54) is 0 Å². The first-order valence-electron chi connectivity index (χ1n) is 4.81. The van der Waals surface area contributed by atoms with Crippen molar-refractivity contribution in [3.63, 3.8) is 0 Å². The lowest BCUT2D eigenvalue weighted by molar-refractivity contribution is 0.416. The monoisotopic (exact) mass is 193 g/mol. The van der Waals surface area contributed by atoms with Gasteiger partial charge in [0.05, 0.1) is 7.11 Å². The van der Waals surface area contributed by atoms with Gasteiger partial charge in [-0.2, -0.15) is 0 Å². The van der Waals surface area contributed by atoms with Gasteiger partial charge in [-0.25, -0.2) is 0 Å². The van der Waals surface area contributed by atoms with Crippen LogP contribution in [0.15, 0.2) is 12.1 Å². The van der Waals surface area contributed by atoms with Crippen molar-refractivity contribution in [3.05, 3.63) is 23.3 Å².